The van der Waals surface area contributed by atoms with Gasteiger partial charge in [0.15, 0.2) is 5.65 Å². The summed E-state index contributed by atoms with van der Waals surface area (Å²) in [5, 5.41) is 0.900. The van der Waals surface area contributed by atoms with Crippen molar-refractivity contribution in [1.82, 2.24) is 15.0 Å². The molecule has 7 heteroatoms. The summed E-state index contributed by atoms with van der Waals surface area (Å²) >= 11 is 0. The fourth-order valence-electron chi connectivity index (χ4n) is 4.25. The van der Waals surface area contributed by atoms with Gasteiger partial charge in [0.25, 0.3) is 5.92 Å². The van der Waals surface area contributed by atoms with Crippen LogP contribution in [-0.2, 0) is 0 Å². The van der Waals surface area contributed by atoms with Crippen molar-refractivity contribution >= 4 is 22.8 Å². The number of hydrogen-bond donors (Lipinski definition) is 0. The molecular weight excluding hydrogens is 372 g/mol. The number of anilines is 2. The number of piperidine rings is 1. The second-order valence-corrected chi connectivity index (χ2v) is 7.92. The Bertz CT molecular complexity index is 1040. The Hall–Kier alpha value is -2.83. The first-order valence-electron chi connectivity index (χ1n) is 10.1. The lowest BCUT2D eigenvalue weighted by Gasteiger charge is -2.43. The second-order valence-electron chi connectivity index (χ2n) is 7.92. The van der Waals surface area contributed by atoms with Gasteiger partial charge < -0.3 is 9.80 Å². The quantitative estimate of drug-likeness (QED) is 0.652. The molecule has 3 aromatic rings. The van der Waals surface area contributed by atoms with E-state index in [0.717, 1.165) is 24.2 Å². The van der Waals surface area contributed by atoms with E-state index < -0.39 is 5.92 Å². The van der Waals surface area contributed by atoms with Crippen molar-refractivity contribution in [2.45, 2.75) is 38.2 Å². The summed E-state index contributed by atoms with van der Waals surface area (Å²) in [5.74, 6) is -1.26. The van der Waals surface area contributed by atoms with Crippen LogP contribution in [0.1, 0.15) is 36.4 Å². The van der Waals surface area contributed by atoms with E-state index in [2.05, 4.69) is 46.1 Å². The van der Waals surface area contributed by atoms with E-state index in [1.54, 1.807) is 6.20 Å². The minimum Gasteiger partial charge on any atom is -0.349 e. The van der Waals surface area contributed by atoms with Crippen LogP contribution in [0.5, 0.6) is 0 Å². The van der Waals surface area contributed by atoms with Gasteiger partial charge in [-0.2, -0.15) is 9.97 Å². The molecule has 4 heterocycles. The lowest BCUT2D eigenvalue weighted by atomic mass is 9.91. The van der Waals surface area contributed by atoms with E-state index >= 15 is 0 Å². The summed E-state index contributed by atoms with van der Waals surface area (Å²) in [6, 6.07) is 12.5. The van der Waals surface area contributed by atoms with Crippen molar-refractivity contribution in [3.63, 3.8) is 0 Å². The molecule has 2 saturated heterocycles. The average Bonchev–Trinajstić information content (AvgIpc) is 2.69. The topological polar surface area (TPSA) is 45.2 Å². The second kappa shape index (κ2) is 6.90. The van der Waals surface area contributed by atoms with Gasteiger partial charge in [-0.25, -0.2) is 13.8 Å². The monoisotopic (exact) mass is 395 g/mol. The lowest BCUT2D eigenvalue weighted by Crippen LogP contribution is -2.43. The van der Waals surface area contributed by atoms with E-state index in [1.807, 2.05) is 17.0 Å². The molecular formula is C22H23F2N5. The molecule has 0 bridgehead atoms. The highest BCUT2D eigenvalue weighted by Gasteiger charge is 2.36. The number of alkyl halides is 2. The number of fused-ring (bicyclic) bond motifs is 1. The largest absolute Gasteiger partial charge is 0.349 e. The fraction of sp³-hybridized carbons (Fsp3) is 0.409. The van der Waals surface area contributed by atoms with Crippen LogP contribution < -0.4 is 9.80 Å². The van der Waals surface area contributed by atoms with Crippen molar-refractivity contribution in [2.24, 2.45) is 0 Å². The van der Waals surface area contributed by atoms with Crippen molar-refractivity contribution in [2.75, 3.05) is 29.4 Å². The van der Waals surface area contributed by atoms with Crippen LogP contribution in [0, 0.1) is 6.92 Å². The predicted molar refractivity (Wildman–Crippen MR) is 110 cm³/mol. The summed E-state index contributed by atoms with van der Waals surface area (Å²) in [7, 11) is 0. The van der Waals surface area contributed by atoms with E-state index in [1.165, 1.54) is 11.1 Å². The van der Waals surface area contributed by atoms with Gasteiger partial charge in [0, 0.05) is 38.7 Å². The highest BCUT2D eigenvalue weighted by molar-refractivity contribution is 5.88. The van der Waals surface area contributed by atoms with E-state index in [9.17, 15) is 8.78 Å². The highest BCUT2D eigenvalue weighted by atomic mass is 19.3. The van der Waals surface area contributed by atoms with Gasteiger partial charge in [-0.05, 0) is 36.6 Å². The van der Waals surface area contributed by atoms with Gasteiger partial charge in [0.05, 0.1) is 11.4 Å². The van der Waals surface area contributed by atoms with Crippen molar-refractivity contribution in [3.05, 3.63) is 53.7 Å². The van der Waals surface area contributed by atoms with Gasteiger partial charge >= 0.3 is 0 Å². The molecule has 5 rings (SSSR count). The number of aromatic nitrogens is 3. The molecule has 0 saturated carbocycles. The summed E-state index contributed by atoms with van der Waals surface area (Å²) in [5.41, 5.74) is 3.17. The van der Waals surface area contributed by atoms with Crippen molar-refractivity contribution < 1.29 is 8.78 Å². The number of benzene rings is 1. The van der Waals surface area contributed by atoms with Crippen molar-refractivity contribution in [3.8, 4) is 0 Å². The summed E-state index contributed by atoms with van der Waals surface area (Å²) in [4.78, 5) is 18.0. The maximum Gasteiger partial charge on any atom is 0.251 e. The third-order valence-electron chi connectivity index (χ3n) is 6.06. The first-order chi connectivity index (χ1) is 14.0. The average molecular weight is 395 g/mol. The molecule has 1 aromatic carbocycles. The molecule has 1 unspecified atom stereocenters. The fourth-order valence-corrected chi connectivity index (χ4v) is 4.25. The number of halogens is 2. The Morgan fingerprint density at radius 1 is 1.00 bits per heavy atom. The smallest absolute Gasteiger partial charge is 0.251 e. The Kier molecular flexibility index (Phi) is 4.33. The lowest BCUT2D eigenvalue weighted by molar-refractivity contribution is -0.0222. The van der Waals surface area contributed by atoms with Gasteiger partial charge in [0.2, 0.25) is 5.95 Å². The summed E-state index contributed by atoms with van der Waals surface area (Å²) < 4.78 is 27.2. The molecule has 5 nitrogen and oxygen atoms in total. The normalized spacial score (nSPS) is 21.3. The Labute approximate surface area is 168 Å². The van der Waals surface area contributed by atoms with Gasteiger partial charge in [0.1, 0.15) is 5.82 Å². The third kappa shape index (κ3) is 3.28. The van der Waals surface area contributed by atoms with Gasteiger partial charge in [-0.1, -0.05) is 24.3 Å². The molecule has 29 heavy (non-hydrogen) atoms. The minimum absolute atomic E-state index is 0.165. The standard InChI is InChI=1S/C22H23F2N5/c1-15-5-2-3-6-16(15)18-8-12-29(18)20-17-7-4-11-25-19(17)26-21(27-20)28-13-9-22(23,24)10-14-28/h2-7,11,18H,8-10,12-14H2,1H3. The molecule has 0 N–H and O–H groups in total. The first-order valence-corrected chi connectivity index (χ1v) is 10.1. The van der Waals surface area contributed by atoms with Crippen LogP contribution in [-0.4, -0.2) is 40.5 Å². The molecule has 0 aliphatic carbocycles. The summed E-state index contributed by atoms with van der Waals surface area (Å²) in [6.07, 6.45) is 2.44. The molecule has 1 atom stereocenters. The predicted octanol–water partition coefficient (Wildman–Crippen LogP) is 4.52. The van der Waals surface area contributed by atoms with Crippen LogP contribution in [0.25, 0.3) is 11.0 Å². The minimum atomic E-state index is -2.60. The zero-order chi connectivity index (χ0) is 20.0. The maximum atomic E-state index is 13.6. The SMILES string of the molecule is Cc1ccccc1C1CCN1c1nc(N2CCC(F)(F)CC2)nc2ncccc12. The van der Waals surface area contributed by atoms with Crippen LogP contribution in [0.4, 0.5) is 20.5 Å². The van der Waals surface area contributed by atoms with E-state index in [4.69, 9.17) is 4.98 Å². The number of nitrogens with zero attached hydrogens (tertiary/aromatic N) is 5. The number of aryl methyl sites for hydroxylation is 1. The molecule has 0 radical (unpaired) electrons. The molecule has 2 fully saturated rings. The Morgan fingerprint density at radius 3 is 2.52 bits per heavy atom. The summed E-state index contributed by atoms with van der Waals surface area (Å²) in [6.45, 7) is 3.54. The van der Waals surface area contributed by atoms with Gasteiger partial charge in [-0.15, -0.1) is 0 Å². The van der Waals surface area contributed by atoms with Crippen LogP contribution in [0.3, 0.4) is 0 Å². The third-order valence-corrected chi connectivity index (χ3v) is 6.06. The Balaban J connectivity index is 1.54. The number of pyridine rings is 1. The van der Waals surface area contributed by atoms with E-state index in [0.29, 0.717) is 11.6 Å². The van der Waals surface area contributed by atoms with Crippen LogP contribution in [0.2, 0.25) is 0 Å². The van der Waals surface area contributed by atoms with Crippen LogP contribution in [0.15, 0.2) is 42.6 Å². The molecule has 150 valence electrons. The zero-order valence-electron chi connectivity index (χ0n) is 16.4. The molecule has 0 spiro atoms. The molecule has 2 aliphatic rings. The first kappa shape index (κ1) is 18.2. The van der Waals surface area contributed by atoms with Crippen LogP contribution >= 0.6 is 0 Å². The molecule has 2 aliphatic heterocycles. The Morgan fingerprint density at radius 2 is 1.79 bits per heavy atom. The number of hydrogen-bond acceptors (Lipinski definition) is 5. The van der Waals surface area contributed by atoms with E-state index in [-0.39, 0.29) is 32.0 Å². The number of rotatable bonds is 3. The molecule has 0 amide bonds. The highest BCUT2D eigenvalue weighted by Crippen LogP contribution is 2.41. The molecule has 2 aromatic heterocycles. The maximum absolute atomic E-state index is 13.6. The zero-order valence-corrected chi connectivity index (χ0v) is 16.4. The van der Waals surface area contributed by atoms with Crippen molar-refractivity contribution in [1.29, 1.82) is 0 Å². The van der Waals surface area contributed by atoms with Gasteiger partial charge in [-0.3, -0.25) is 0 Å².